The minimum atomic E-state index is -3.56. The van der Waals surface area contributed by atoms with Crippen molar-refractivity contribution in [2.45, 2.75) is 12.2 Å². The zero-order chi connectivity index (χ0) is 16.7. The summed E-state index contributed by atoms with van der Waals surface area (Å²) in [6.07, 6.45) is 0.216. The zero-order valence-corrected chi connectivity index (χ0v) is 13.3. The Morgan fingerprint density at radius 1 is 1.04 bits per heavy atom. The zero-order valence-electron chi connectivity index (χ0n) is 12.4. The van der Waals surface area contributed by atoms with Gasteiger partial charge in [-0.25, -0.2) is 13.6 Å². The Balaban J connectivity index is 1.79. The lowest BCUT2D eigenvalue weighted by molar-refractivity contribution is -0.116. The first-order valence-electron chi connectivity index (χ1n) is 6.99. The highest BCUT2D eigenvalue weighted by atomic mass is 32.2. The van der Waals surface area contributed by atoms with Crippen LogP contribution >= 0.6 is 0 Å². The Labute approximate surface area is 135 Å². The first kappa shape index (κ1) is 17.0. The molecular weight excluding hydrogens is 316 g/mol. The van der Waals surface area contributed by atoms with Gasteiger partial charge in [-0.1, -0.05) is 30.3 Å². The minimum absolute atomic E-state index is 0.180. The molecule has 23 heavy (non-hydrogen) atoms. The molecule has 0 aliphatic carbocycles. The summed E-state index contributed by atoms with van der Waals surface area (Å²) in [4.78, 5) is 11.8. The van der Waals surface area contributed by atoms with Gasteiger partial charge in [0.05, 0.1) is 18.8 Å². The first-order valence-corrected chi connectivity index (χ1v) is 8.71. The van der Waals surface area contributed by atoms with E-state index in [2.05, 4.69) is 5.32 Å². The number of para-hydroxylation sites is 1. The molecule has 0 aliphatic heterocycles. The number of nitrogens with one attached hydrogen (secondary N) is 1. The van der Waals surface area contributed by atoms with E-state index >= 15 is 0 Å². The van der Waals surface area contributed by atoms with Crippen LogP contribution in [0.15, 0.2) is 54.6 Å². The van der Waals surface area contributed by atoms with Crippen LogP contribution in [0.2, 0.25) is 0 Å². The van der Waals surface area contributed by atoms with Gasteiger partial charge in [0.15, 0.2) is 0 Å². The van der Waals surface area contributed by atoms with Crippen molar-refractivity contribution in [3.05, 3.63) is 60.2 Å². The van der Waals surface area contributed by atoms with E-state index in [4.69, 9.17) is 9.88 Å². The number of primary sulfonamides is 1. The summed E-state index contributed by atoms with van der Waals surface area (Å²) in [6.45, 7) is 0.277. The van der Waals surface area contributed by atoms with Gasteiger partial charge in [0.1, 0.15) is 5.75 Å². The van der Waals surface area contributed by atoms with Gasteiger partial charge in [0.25, 0.3) is 0 Å². The number of ether oxygens (including phenoxy) is 1. The third kappa shape index (κ3) is 6.50. The maximum absolute atomic E-state index is 11.8. The number of nitrogens with two attached hydrogens (primary N) is 1. The van der Waals surface area contributed by atoms with Crippen LogP contribution in [0.25, 0.3) is 0 Å². The van der Waals surface area contributed by atoms with Gasteiger partial charge < -0.3 is 10.1 Å². The van der Waals surface area contributed by atoms with E-state index in [0.717, 1.165) is 0 Å². The van der Waals surface area contributed by atoms with Crippen LogP contribution in [0.4, 0.5) is 5.69 Å². The second kappa shape index (κ2) is 7.75. The van der Waals surface area contributed by atoms with E-state index in [-0.39, 0.29) is 24.7 Å². The number of carbonyl (C=O) groups excluding carboxylic acids is 1. The molecule has 0 saturated carbocycles. The summed E-state index contributed by atoms with van der Waals surface area (Å²) in [5, 5.41) is 7.70. The summed E-state index contributed by atoms with van der Waals surface area (Å²) in [6, 6.07) is 15.7. The summed E-state index contributed by atoms with van der Waals surface area (Å²) < 4.78 is 27.4. The molecule has 0 heterocycles. The molecule has 6 nitrogen and oxygen atoms in total. The van der Waals surface area contributed by atoms with E-state index < -0.39 is 10.0 Å². The molecule has 7 heteroatoms. The Morgan fingerprint density at radius 2 is 1.70 bits per heavy atom. The van der Waals surface area contributed by atoms with Crippen LogP contribution in [0.3, 0.4) is 0 Å². The number of carbonyl (C=O) groups is 1. The third-order valence-corrected chi connectivity index (χ3v) is 3.68. The number of rotatable bonds is 7. The van der Waals surface area contributed by atoms with Crippen molar-refractivity contribution >= 4 is 21.6 Å². The van der Waals surface area contributed by atoms with Crippen LogP contribution in [-0.2, 0) is 20.6 Å². The standard InChI is InChI=1S/C16H18N2O4S/c17-23(20,21)12-13-6-8-14(9-7-13)18-16(19)10-11-22-15-4-2-1-3-5-15/h1-9H,10-12H2,(H,18,19)(H2,17,20,21). The van der Waals surface area contributed by atoms with E-state index in [1.54, 1.807) is 24.3 Å². The fraction of sp³-hybridized carbons (Fsp3) is 0.188. The molecule has 2 rings (SSSR count). The van der Waals surface area contributed by atoms with Crippen LogP contribution in [0, 0.1) is 0 Å². The highest BCUT2D eigenvalue weighted by molar-refractivity contribution is 7.88. The van der Waals surface area contributed by atoms with E-state index in [0.29, 0.717) is 17.0 Å². The van der Waals surface area contributed by atoms with Gasteiger partial charge in [-0.15, -0.1) is 0 Å². The Hall–Kier alpha value is -2.38. The number of anilines is 1. The smallest absolute Gasteiger partial charge is 0.227 e. The number of amides is 1. The summed E-state index contributed by atoms with van der Waals surface area (Å²) >= 11 is 0. The predicted octanol–water partition coefficient (Wildman–Crippen LogP) is 1.88. The molecule has 0 unspecified atom stereocenters. The van der Waals surface area contributed by atoms with Crippen molar-refractivity contribution in [2.75, 3.05) is 11.9 Å². The number of hydrogen-bond acceptors (Lipinski definition) is 4. The average molecular weight is 334 g/mol. The second-order valence-corrected chi connectivity index (χ2v) is 6.58. The molecule has 0 bridgehead atoms. The Kier molecular flexibility index (Phi) is 5.72. The monoisotopic (exact) mass is 334 g/mol. The average Bonchev–Trinajstić information content (AvgIpc) is 2.49. The summed E-state index contributed by atoms with van der Waals surface area (Å²) in [7, 11) is -3.56. The lowest BCUT2D eigenvalue weighted by Gasteiger charge is -2.08. The number of hydrogen-bond donors (Lipinski definition) is 2. The van der Waals surface area contributed by atoms with Gasteiger partial charge in [0, 0.05) is 5.69 Å². The Morgan fingerprint density at radius 3 is 2.30 bits per heavy atom. The molecule has 0 radical (unpaired) electrons. The molecule has 3 N–H and O–H groups in total. The lowest BCUT2D eigenvalue weighted by atomic mass is 10.2. The van der Waals surface area contributed by atoms with Gasteiger partial charge in [-0.05, 0) is 29.8 Å². The quantitative estimate of drug-likeness (QED) is 0.807. The number of benzene rings is 2. The molecule has 0 saturated heterocycles. The highest BCUT2D eigenvalue weighted by Gasteiger charge is 2.06. The molecule has 1 amide bonds. The maximum atomic E-state index is 11.8. The van der Waals surface area contributed by atoms with Crippen LogP contribution < -0.4 is 15.2 Å². The van der Waals surface area contributed by atoms with E-state index in [1.807, 2.05) is 30.3 Å². The van der Waals surface area contributed by atoms with Crippen molar-refractivity contribution in [3.63, 3.8) is 0 Å². The minimum Gasteiger partial charge on any atom is -0.493 e. The summed E-state index contributed by atoms with van der Waals surface area (Å²) in [5.41, 5.74) is 1.16. The van der Waals surface area contributed by atoms with E-state index in [9.17, 15) is 13.2 Å². The fourth-order valence-corrected chi connectivity index (χ4v) is 2.58. The molecule has 0 aliphatic rings. The molecule has 0 spiro atoms. The van der Waals surface area contributed by atoms with Crippen molar-refractivity contribution in [1.82, 2.24) is 0 Å². The lowest BCUT2D eigenvalue weighted by Crippen LogP contribution is -2.16. The second-order valence-electron chi connectivity index (χ2n) is 4.96. The van der Waals surface area contributed by atoms with Crippen molar-refractivity contribution in [1.29, 1.82) is 0 Å². The fourth-order valence-electron chi connectivity index (χ4n) is 1.92. The third-order valence-electron chi connectivity index (χ3n) is 2.95. The molecule has 0 fully saturated rings. The van der Waals surface area contributed by atoms with Crippen LogP contribution in [-0.4, -0.2) is 20.9 Å². The Bertz CT molecular complexity index is 743. The maximum Gasteiger partial charge on any atom is 0.227 e. The topological polar surface area (TPSA) is 98.5 Å². The van der Waals surface area contributed by atoms with Gasteiger partial charge in [-0.2, -0.15) is 0 Å². The molecule has 0 atom stereocenters. The van der Waals surface area contributed by atoms with Crippen molar-refractivity contribution < 1.29 is 17.9 Å². The normalized spacial score (nSPS) is 11.0. The van der Waals surface area contributed by atoms with Gasteiger partial charge in [0.2, 0.25) is 15.9 Å². The number of sulfonamides is 1. The van der Waals surface area contributed by atoms with Gasteiger partial charge >= 0.3 is 0 Å². The first-order chi connectivity index (χ1) is 10.9. The van der Waals surface area contributed by atoms with Crippen LogP contribution in [0.5, 0.6) is 5.75 Å². The highest BCUT2D eigenvalue weighted by Crippen LogP contribution is 2.12. The van der Waals surface area contributed by atoms with E-state index in [1.165, 1.54) is 0 Å². The molecule has 2 aromatic carbocycles. The largest absolute Gasteiger partial charge is 0.493 e. The molecule has 0 aromatic heterocycles. The predicted molar refractivity (Wildman–Crippen MR) is 88.4 cm³/mol. The SMILES string of the molecule is NS(=O)(=O)Cc1ccc(NC(=O)CCOc2ccccc2)cc1. The molecule has 122 valence electrons. The molecule has 2 aromatic rings. The molecular formula is C16H18N2O4S. The van der Waals surface area contributed by atoms with Crippen LogP contribution in [0.1, 0.15) is 12.0 Å². The van der Waals surface area contributed by atoms with Crippen molar-refractivity contribution in [3.8, 4) is 5.75 Å². The summed E-state index contributed by atoms with van der Waals surface area (Å²) in [5.74, 6) is 0.305. The van der Waals surface area contributed by atoms with Gasteiger partial charge in [-0.3, -0.25) is 4.79 Å². The van der Waals surface area contributed by atoms with Crippen molar-refractivity contribution in [2.24, 2.45) is 5.14 Å².